The third kappa shape index (κ3) is 23.0. The first-order valence-corrected chi connectivity index (χ1v) is 13.5. The van der Waals surface area contributed by atoms with Gasteiger partial charge in [0.1, 0.15) is 0 Å². The van der Waals surface area contributed by atoms with Crippen LogP contribution in [0.15, 0.2) is 25.3 Å². The van der Waals surface area contributed by atoms with E-state index >= 15 is 0 Å². The molecule has 0 fully saturated rings. The van der Waals surface area contributed by atoms with E-state index in [2.05, 4.69) is 34.4 Å². The van der Waals surface area contributed by atoms with Crippen LogP contribution in [0.5, 0.6) is 0 Å². The van der Waals surface area contributed by atoms with E-state index in [-0.39, 0.29) is 64.2 Å². The normalized spacial score (nSPS) is 10.7. The van der Waals surface area contributed by atoms with Crippen LogP contribution in [0.3, 0.4) is 0 Å². The quantitative estimate of drug-likeness (QED) is 0.0376. The van der Waals surface area contributed by atoms with Crippen LogP contribution in [0, 0.1) is 0 Å². The number of carbonyl (C=O) groups is 7. The molecule has 0 aliphatic heterocycles. The highest BCUT2D eigenvalue weighted by molar-refractivity contribution is 5.87. The summed E-state index contributed by atoms with van der Waals surface area (Å²) in [4.78, 5) is 85.1. The molecule has 0 aliphatic rings. The van der Waals surface area contributed by atoms with Crippen molar-refractivity contribution in [3.8, 4) is 0 Å². The standard InChI is InChI=1S/C26H43N7O10/c1-3-20(34)27-7-5-9-29-22(36)15-32(18-25(40)41)13-11-31(17-24(38)39)12-14-33(19-26(42)43)16-23(37)30-10-6-8-28-21(35)4-2/h3-4H,1-2,5-19H2,(H,27,34)(H,28,35)(H,29,36)(H,30,37)(H,38,39)(H,40,41)(H,42,43). The lowest BCUT2D eigenvalue weighted by molar-refractivity contribution is -0.141. The maximum atomic E-state index is 12.3. The van der Waals surface area contributed by atoms with E-state index < -0.39 is 49.4 Å². The van der Waals surface area contributed by atoms with Crippen LogP contribution in [0.2, 0.25) is 0 Å². The van der Waals surface area contributed by atoms with Crippen LogP contribution >= 0.6 is 0 Å². The molecule has 242 valence electrons. The Hall–Kier alpha value is -4.35. The summed E-state index contributed by atoms with van der Waals surface area (Å²) in [5.74, 6) is -5.15. The maximum Gasteiger partial charge on any atom is 0.317 e. The molecule has 0 unspecified atom stereocenters. The number of amides is 4. The Morgan fingerprint density at radius 2 is 0.791 bits per heavy atom. The molecule has 0 heterocycles. The van der Waals surface area contributed by atoms with Gasteiger partial charge in [0.25, 0.3) is 0 Å². The van der Waals surface area contributed by atoms with Gasteiger partial charge in [-0.3, -0.25) is 48.3 Å². The Labute approximate surface area is 249 Å². The molecule has 0 saturated carbocycles. The fourth-order valence-electron chi connectivity index (χ4n) is 3.56. The molecule has 0 aromatic rings. The summed E-state index contributed by atoms with van der Waals surface area (Å²) in [7, 11) is 0. The average Bonchev–Trinajstić information content (AvgIpc) is 2.92. The first-order chi connectivity index (χ1) is 20.4. The van der Waals surface area contributed by atoms with E-state index in [0.29, 0.717) is 25.9 Å². The molecule has 0 atom stereocenters. The molecule has 0 aromatic carbocycles. The van der Waals surface area contributed by atoms with Gasteiger partial charge in [0, 0.05) is 52.4 Å². The second-order valence-electron chi connectivity index (χ2n) is 9.28. The van der Waals surface area contributed by atoms with Crippen molar-refractivity contribution in [2.75, 3.05) is 85.1 Å². The lowest BCUT2D eigenvalue weighted by atomic mass is 10.3. The second-order valence-corrected chi connectivity index (χ2v) is 9.28. The van der Waals surface area contributed by atoms with Gasteiger partial charge in [-0.1, -0.05) is 13.2 Å². The maximum absolute atomic E-state index is 12.3. The lowest BCUT2D eigenvalue weighted by Gasteiger charge is -2.28. The van der Waals surface area contributed by atoms with E-state index in [1.165, 1.54) is 14.7 Å². The zero-order valence-corrected chi connectivity index (χ0v) is 24.2. The Kier molecular flexibility index (Phi) is 20.9. The van der Waals surface area contributed by atoms with E-state index in [1.54, 1.807) is 0 Å². The molecule has 0 radical (unpaired) electrons. The summed E-state index contributed by atoms with van der Waals surface area (Å²) >= 11 is 0. The smallest absolute Gasteiger partial charge is 0.317 e. The highest BCUT2D eigenvalue weighted by Crippen LogP contribution is 1.97. The largest absolute Gasteiger partial charge is 0.480 e. The highest BCUT2D eigenvalue weighted by atomic mass is 16.4. The zero-order valence-electron chi connectivity index (χ0n) is 24.2. The molecule has 7 N–H and O–H groups in total. The average molecular weight is 614 g/mol. The summed E-state index contributed by atoms with van der Waals surface area (Å²) in [6.07, 6.45) is 3.12. The van der Waals surface area contributed by atoms with Crippen LogP contribution in [0.25, 0.3) is 0 Å². The number of hydrogen-bond donors (Lipinski definition) is 7. The molecule has 0 aromatic heterocycles. The minimum atomic E-state index is -1.19. The number of nitrogens with zero attached hydrogens (tertiary/aromatic N) is 3. The van der Waals surface area contributed by atoms with Gasteiger partial charge in [-0.15, -0.1) is 0 Å². The lowest BCUT2D eigenvalue weighted by Crippen LogP contribution is -2.47. The van der Waals surface area contributed by atoms with Crippen LogP contribution in [-0.4, -0.2) is 157 Å². The molecule has 0 spiro atoms. The van der Waals surface area contributed by atoms with Crippen molar-refractivity contribution in [2.24, 2.45) is 0 Å². The molecular weight excluding hydrogens is 570 g/mol. The fourth-order valence-corrected chi connectivity index (χ4v) is 3.56. The highest BCUT2D eigenvalue weighted by Gasteiger charge is 2.19. The molecule has 43 heavy (non-hydrogen) atoms. The van der Waals surface area contributed by atoms with Crippen LogP contribution in [0.4, 0.5) is 0 Å². The Morgan fingerprint density at radius 1 is 0.488 bits per heavy atom. The van der Waals surface area contributed by atoms with Gasteiger partial charge in [-0.05, 0) is 25.0 Å². The van der Waals surface area contributed by atoms with Crippen molar-refractivity contribution < 1.29 is 48.9 Å². The monoisotopic (exact) mass is 613 g/mol. The summed E-state index contributed by atoms with van der Waals surface area (Å²) < 4.78 is 0. The van der Waals surface area contributed by atoms with Gasteiger partial charge in [0.05, 0.1) is 32.7 Å². The molecule has 0 rings (SSSR count). The van der Waals surface area contributed by atoms with E-state index in [4.69, 9.17) is 0 Å². The molecule has 0 aliphatic carbocycles. The SMILES string of the molecule is C=CC(=O)NCCCNC(=O)CN(CCN(CCN(CC(=O)O)CC(=O)NCCCNC(=O)C=C)CC(=O)O)CC(=O)O. The van der Waals surface area contributed by atoms with Gasteiger partial charge < -0.3 is 36.6 Å². The van der Waals surface area contributed by atoms with Crippen molar-refractivity contribution >= 4 is 41.5 Å². The van der Waals surface area contributed by atoms with Gasteiger partial charge in [0.2, 0.25) is 23.6 Å². The second kappa shape index (κ2) is 23.2. The third-order valence-electron chi connectivity index (χ3n) is 5.60. The molecule has 17 heteroatoms. The number of carboxylic acid groups (broad SMARTS) is 3. The summed E-state index contributed by atoms with van der Waals surface area (Å²) in [6.45, 7) is 5.94. The Balaban J connectivity index is 4.95. The first-order valence-electron chi connectivity index (χ1n) is 13.5. The third-order valence-corrected chi connectivity index (χ3v) is 5.60. The predicted octanol–water partition coefficient (Wildman–Crippen LogP) is -3.24. The minimum Gasteiger partial charge on any atom is -0.480 e. The van der Waals surface area contributed by atoms with Crippen molar-refractivity contribution in [3.05, 3.63) is 25.3 Å². The molecule has 0 bridgehead atoms. The van der Waals surface area contributed by atoms with E-state index in [1.807, 2.05) is 0 Å². The minimum absolute atomic E-state index is 0.0181. The Morgan fingerprint density at radius 3 is 1.12 bits per heavy atom. The Bertz CT molecular complexity index is 908. The number of rotatable bonds is 26. The van der Waals surface area contributed by atoms with Gasteiger partial charge in [0.15, 0.2) is 0 Å². The molecule has 4 amide bonds. The molecule has 0 saturated heterocycles. The summed E-state index contributed by atoms with van der Waals surface area (Å²) in [6, 6.07) is 0. The van der Waals surface area contributed by atoms with E-state index in [9.17, 15) is 48.9 Å². The number of carboxylic acids is 3. The zero-order chi connectivity index (χ0) is 32.6. The molecular formula is C26H43N7O10. The van der Waals surface area contributed by atoms with E-state index in [0.717, 1.165) is 12.2 Å². The predicted molar refractivity (Wildman–Crippen MR) is 154 cm³/mol. The van der Waals surface area contributed by atoms with Crippen LogP contribution < -0.4 is 21.3 Å². The number of carbonyl (C=O) groups excluding carboxylic acids is 4. The van der Waals surface area contributed by atoms with Crippen molar-refractivity contribution in [2.45, 2.75) is 12.8 Å². The summed E-state index contributed by atoms with van der Waals surface area (Å²) in [5.41, 5.74) is 0. The topological polar surface area (TPSA) is 238 Å². The number of nitrogens with one attached hydrogen (secondary N) is 4. The van der Waals surface area contributed by atoms with Crippen molar-refractivity contribution in [1.82, 2.24) is 36.0 Å². The summed E-state index contributed by atoms with van der Waals surface area (Å²) in [5, 5.41) is 38.2. The van der Waals surface area contributed by atoms with Gasteiger partial charge in [-0.25, -0.2) is 0 Å². The molecule has 17 nitrogen and oxygen atoms in total. The van der Waals surface area contributed by atoms with Crippen molar-refractivity contribution in [3.63, 3.8) is 0 Å². The van der Waals surface area contributed by atoms with Gasteiger partial charge >= 0.3 is 17.9 Å². The van der Waals surface area contributed by atoms with Gasteiger partial charge in [-0.2, -0.15) is 0 Å². The van der Waals surface area contributed by atoms with Crippen LogP contribution in [0.1, 0.15) is 12.8 Å². The van der Waals surface area contributed by atoms with Crippen LogP contribution in [-0.2, 0) is 33.6 Å². The number of aliphatic carboxylic acids is 3. The van der Waals surface area contributed by atoms with Crippen molar-refractivity contribution in [1.29, 1.82) is 0 Å². The number of hydrogen-bond acceptors (Lipinski definition) is 10. The first kappa shape index (κ1) is 38.6. The fraction of sp³-hybridized carbons (Fsp3) is 0.577.